The second kappa shape index (κ2) is 8.89. The zero-order valence-corrected chi connectivity index (χ0v) is 19.0. The molecule has 1 amide bonds. The second-order valence-corrected chi connectivity index (χ2v) is 10.6. The molecule has 0 radical (unpaired) electrons. The predicted molar refractivity (Wildman–Crippen MR) is 118 cm³/mol. The van der Waals surface area contributed by atoms with Crippen LogP contribution in [-0.2, 0) is 21.2 Å². The van der Waals surface area contributed by atoms with Crippen LogP contribution in [0.25, 0.3) is 11.4 Å². The van der Waals surface area contributed by atoms with Crippen LogP contribution in [0.5, 0.6) is 0 Å². The number of piperidine rings is 1. The number of carbonyl (C=O) groups is 1. The first-order chi connectivity index (χ1) is 14.9. The lowest BCUT2D eigenvalue weighted by atomic mass is 9.97. The highest BCUT2D eigenvalue weighted by Crippen LogP contribution is 2.31. The number of amides is 1. The van der Waals surface area contributed by atoms with Crippen LogP contribution in [0.1, 0.15) is 31.2 Å². The maximum atomic E-state index is 13.0. The van der Waals surface area contributed by atoms with E-state index in [-0.39, 0.29) is 16.0 Å². The van der Waals surface area contributed by atoms with Crippen LogP contribution in [0.2, 0.25) is 0 Å². The van der Waals surface area contributed by atoms with E-state index in [1.165, 1.54) is 4.31 Å². The Hall–Kier alpha value is -2.56. The molecule has 8 nitrogen and oxygen atoms in total. The fourth-order valence-corrected chi connectivity index (χ4v) is 6.36. The molecule has 0 saturated carbocycles. The average Bonchev–Trinajstić information content (AvgIpc) is 3.43. The summed E-state index contributed by atoms with van der Waals surface area (Å²) in [6.45, 7) is 4.37. The maximum absolute atomic E-state index is 13.0. The van der Waals surface area contributed by atoms with E-state index in [0.717, 1.165) is 29.0 Å². The summed E-state index contributed by atoms with van der Waals surface area (Å²) in [5, 5.41) is 8.51. The molecule has 1 aliphatic heterocycles. The molecule has 1 N–H and O–H groups in total. The van der Waals surface area contributed by atoms with Gasteiger partial charge in [0.2, 0.25) is 17.6 Å². The molecule has 164 valence electrons. The van der Waals surface area contributed by atoms with Crippen molar-refractivity contribution in [2.45, 2.75) is 37.3 Å². The highest BCUT2D eigenvalue weighted by atomic mass is 32.2. The lowest BCUT2D eigenvalue weighted by molar-refractivity contribution is -0.120. The zero-order chi connectivity index (χ0) is 22.0. The van der Waals surface area contributed by atoms with Gasteiger partial charge in [-0.15, -0.1) is 11.3 Å². The van der Waals surface area contributed by atoms with Crippen LogP contribution < -0.4 is 5.32 Å². The summed E-state index contributed by atoms with van der Waals surface area (Å²) in [7, 11) is -3.63. The van der Waals surface area contributed by atoms with Crippen molar-refractivity contribution < 1.29 is 17.7 Å². The van der Waals surface area contributed by atoms with Crippen LogP contribution in [0, 0.1) is 12.8 Å². The second-order valence-electron chi connectivity index (χ2n) is 7.51. The van der Waals surface area contributed by atoms with Crippen molar-refractivity contribution in [1.82, 2.24) is 14.4 Å². The third-order valence-corrected chi connectivity index (χ3v) is 8.70. The first-order valence-corrected chi connectivity index (χ1v) is 12.5. The summed E-state index contributed by atoms with van der Waals surface area (Å²) in [4.78, 5) is 16.8. The van der Waals surface area contributed by atoms with Crippen molar-refractivity contribution >= 4 is 33.0 Å². The number of thiophene rings is 1. The minimum absolute atomic E-state index is 0.0591. The Balaban J connectivity index is 1.38. The van der Waals surface area contributed by atoms with Crippen LogP contribution in [0.3, 0.4) is 0 Å². The van der Waals surface area contributed by atoms with Gasteiger partial charge >= 0.3 is 0 Å². The lowest BCUT2D eigenvalue weighted by Crippen LogP contribution is -2.41. The molecule has 1 fully saturated rings. The number of aromatic nitrogens is 2. The molecule has 31 heavy (non-hydrogen) atoms. The number of sulfonamides is 1. The largest absolute Gasteiger partial charge is 0.339 e. The summed E-state index contributed by atoms with van der Waals surface area (Å²) in [5.41, 5.74) is 2.55. The molecule has 1 aliphatic rings. The van der Waals surface area contributed by atoms with Crippen LogP contribution in [-0.4, -0.2) is 41.9 Å². The van der Waals surface area contributed by atoms with Gasteiger partial charge in [-0.25, -0.2) is 8.42 Å². The predicted octanol–water partition coefficient (Wildman–Crippen LogP) is 3.71. The summed E-state index contributed by atoms with van der Waals surface area (Å²) in [6.07, 6.45) is 1.87. The number of anilines is 1. The van der Waals surface area contributed by atoms with Gasteiger partial charge in [-0.1, -0.05) is 24.2 Å². The number of nitrogens with one attached hydrogen (secondary N) is 1. The Kier molecular flexibility index (Phi) is 6.22. The van der Waals surface area contributed by atoms with Crippen molar-refractivity contribution in [3.63, 3.8) is 0 Å². The Morgan fingerprint density at radius 1 is 1.29 bits per heavy atom. The quantitative estimate of drug-likeness (QED) is 0.601. The van der Waals surface area contributed by atoms with Crippen LogP contribution in [0.4, 0.5) is 5.69 Å². The van der Waals surface area contributed by atoms with Gasteiger partial charge in [0.25, 0.3) is 10.0 Å². The third kappa shape index (κ3) is 4.70. The van der Waals surface area contributed by atoms with Gasteiger partial charge in [-0.05, 0) is 43.0 Å². The Morgan fingerprint density at radius 2 is 2.06 bits per heavy atom. The van der Waals surface area contributed by atoms with Crippen molar-refractivity contribution in [1.29, 1.82) is 0 Å². The molecule has 3 heterocycles. The van der Waals surface area contributed by atoms with Gasteiger partial charge in [0, 0.05) is 42.6 Å². The standard InChI is InChI=1S/C21H24N4O4S2/c1-3-15-5-4-6-18(11-15)23-21(26)16-7-9-25(10-8-16)31(27,28)19-12-17(13-30-19)20-22-14(2)29-24-20/h4-6,11-13,16H,3,7-10H2,1-2H3,(H,23,26). The van der Waals surface area contributed by atoms with Crippen LogP contribution in [0.15, 0.2) is 44.4 Å². The minimum atomic E-state index is -3.63. The molecule has 4 rings (SSSR count). The first-order valence-electron chi connectivity index (χ1n) is 10.2. The fourth-order valence-electron chi connectivity index (χ4n) is 3.58. The van der Waals surface area contributed by atoms with E-state index in [4.69, 9.17) is 4.52 Å². The van der Waals surface area contributed by atoms with Crippen molar-refractivity contribution in [3.05, 3.63) is 47.2 Å². The monoisotopic (exact) mass is 460 g/mol. The fraction of sp³-hybridized carbons (Fsp3) is 0.381. The molecule has 2 aromatic heterocycles. The highest BCUT2D eigenvalue weighted by molar-refractivity contribution is 7.91. The van der Waals surface area contributed by atoms with Crippen LogP contribution >= 0.6 is 11.3 Å². The molecule has 0 aliphatic carbocycles. The van der Waals surface area contributed by atoms with Gasteiger partial charge < -0.3 is 9.84 Å². The topological polar surface area (TPSA) is 105 Å². The summed E-state index contributed by atoms with van der Waals surface area (Å²) < 4.78 is 32.7. The van der Waals surface area contributed by atoms with Crippen molar-refractivity contribution in [3.8, 4) is 11.4 Å². The zero-order valence-electron chi connectivity index (χ0n) is 17.4. The smallest absolute Gasteiger partial charge is 0.252 e. The van der Waals surface area contributed by atoms with E-state index in [1.807, 2.05) is 24.3 Å². The van der Waals surface area contributed by atoms with Gasteiger partial charge in [0.05, 0.1) is 0 Å². The molecule has 3 aromatic rings. The number of hydrogen-bond donors (Lipinski definition) is 1. The summed E-state index contributed by atoms with van der Waals surface area (Å²) in [5.74, 6) is 0.527. The number of aryl methyl sites for hydroxylation is 2. The molecular formula is C21H24N4O4S2. The number of carbonyl (C=O) groups excluding carboxylic acids is 1. The number of benzene rings is 1. The van der Waals surface area contributed by atoms with E-state index < -0.39 is 10.0 Å². The lowest BCUT2D eigenvalue weighted by Gasteiger charge is -2.30. The Labute approximate surface area is 185 Å². The van der Waals surface area contributed by atoms with Gasteiger partial charge in [-0.2, -0.15) is 9.29 Å². The number of hydrogen-bond acceptors (Lipinski definition) is 7. The van der Waals surface area contributed by atoms with Gasteiger partial charge in [0.15, 0.2) is 0 Å². The van der Waals surface area contributed by atoms with Gasteiger partial charge in [0.1, 0.15) is 4.21 Å². The molecule has 0 atom stereocenters. The molecule has 10 heteroatoms. The van der Waals surface area contributed by atoms with E-state index >= 15 is 0 Å². The SMILES string of the molecule is CCc1cccc(NC(=O)C2CCN(S(=O)(=O)c3cc(-c4noc(C)n4)cs3)CC2)c1. The minimum Gasteiger partial charge on any atom is -0.339 e. The molecule has 1 saturated heterocycles. The Morgan fingerprint density at radius 3 is 2.74 bits per heavy atom. The molecule has 0 spiro atoms. The molecular weight excluding hydrogens is 436 g/mol. The Bertz CT molecular complexity index is 1180. The van der Waals surface area contributed by atoms with E-state index in [1.54, 1.807) is 18.4 Å². The van der Waals surface area contributed by atoms with E-state index in [0.29, 0.717) is 43.2 Å². The normalized spacial score (nSPS) is 15.8. The van der Waals surface area contributed by atoms with E-state index in [2.05, 4.69) is 22.4 Å². The van der Waals surface area contributed by atoms with Gasteiger partial charge in [-0.3, -0.25) is 4.79 Å². The average molecular weight is 461 g/mol. The van der Waals surface area contributed by atoms with E-state index in [9.17, 15) is 13.2 Å². The first kappa shape index (κ1) is 21.7. The van der Waals surface area contributed by atoms with Crippen molar-refractivity contribution in [2.24, 2.45) is 5.92 Å². The number of rotatable bonds is 6. The molecule has 0 unspecified atom stereocenters. The summed E-state index contributed by atoms with van der Waals surface area (Å²) in [6, 6.07) is 9.36. The highest BCUT2D eigenvalue weighted by Gasteiger charge is 2.33. The molecule has 0 bridgehead atoms. The summed E-state index contributed by atoms with van der Waals surface area (Å²) >= 11 is 1.14. The third-order valence-electron chi connectivity index (χ3n) is 5.38. The maximum Gasteiger partial charge on any atom is 0.252 e. The molecule has 1 aromatic carbocycles. The van der Waals surface area contributed by atoms with Crippen molar-refractivity contribution in [2.75, 3.05) is 18.4 Å². The number of nitrogens with zero attached hydrogens (tertiary/aromatic N) is 3.